The van der Waals surface area contributed by atoms with Crippen molar-refractivity contribution in [1.82, 2.24) is 14.9 Å². The highest BCUT2D eigenvalue weighted by Crippen LogP contribution is 2.37. The van der Waals surface area contributed by atoms with E-state index in [9.17, 15) is 0 Å². The van der Waals surface area contributed by atoms with Gasteiger partial charge >= 0.3 is 0 Å². The molecule has 1 aliphatic heterocycles. The lowest BCUT2D eigenvalue weighted by Gasteiger charge is -2.26. The fraction of sp³-hybridized carbons (Fsp3) is 0.714. The van der Waals surface area contributed by atoms with Gasteiger partial charge in [-0.15, -0.1) is 10.2 Å². The molecule has 4 nitrogen and oxygen atoms in total. The van der Waals surface area contributed by atoms with Crippen LogP contribution in [0.1, 0.15) is 19.3 Å². The molecule has 1 aromatic heterocycles. The molecular weight excluding hydrogens is 172 g/mol. The van der Waals surface area contributed by atoms with Crippen LogP contribution in [0.5, 0.6) is 0 Å². The van der Waals surface area contributed by atoms with E-state index in [1.54, 1.807) is 6.33 Å². The maximum atomic E-state index is 4.03. The van der Waals surface area contributed by atoms with Crippen molar-refractivity contribution in [3.63, 3.8) is 0 Å². The average Bonchev–Trinajstić information content (AvgIpc) is 2.64. The summed E-state index contributed by atoms with van der Waals surface area (Å²) >= 11 is 1.86. The van der Waals surface area contributed by atoms with Gasteiger partial charge in [0.2, 0.25) is 5.16 Å². The van der Waals surface area contributed by atoms with Crippen LogP contribution >= 0.6 is 11.8 Å². The summed E-state index contributed by atoms with van der Waals surface area (Å²) in [6.07, 6.45) is 5.69. The number of hydrogen-bond acceptors (Lipinski definition) is 4. The van der Waals surface area contributed by atoms with E-state index in [1.165, 1.54) is 19.3 Å². The van der Waals surface area contributed by atoms with E-state index in [-0.39, 0.29) is 0 Å². The van der Waals surface area contributed by atoms with Gasteiger partial charge in [-0.1, -0.05) is 18.2 Å². The molecule has 0 saturated heterocycles. The Morgan fingerprint density at radius 2 is 2.58 bits per heavy atom. The van der Waals surface area contributed by atoms with E-state index < -0.39 is 0 Å². The van der Waals surface area contributed by atoms with Gasteiger partial charge in [0.25, 0.3) is 0 Å². The highest BCUT2D eigenvalue weighted by molar-refractivity contribution is 7.99. The zero-order valence-corrected chi connectivity index (χ0v) is 7.42. The minimum Gasteiger partial charge on any atom is -0.318 e. The fourth-order valence-electron chi connectivity index (χ4n) is 1.92. The molecule has 0 amide bonds. The Balaban J connectivity index is 1.95. The summed E-state index contributed by atoms with van der Waals surface area (Å²) in [6, 6.07) is 0.638. The first kappa shape index (κ1) is 6.77. The maximum absolute atomic E-state index is 4.03. The highest BCUT2D eigenvalue weighted by Gasteiger charge is 2.33. The Bertz CT molecular complexity index is 271. The summed E-state index contributed by atoms with van der Waals surface area (Å²) in [5, 5.41) is 9.63. The molecule has 1 fully saturated rings. The summed E-state index contributed by atoms with van der Waals surface area (Å²) < 4.78 is 1.94. The van der Waals surface area contributed by atoms with Gasteiger partial charge < -0.3 is 5.43 Å². The lowest BCUT2D eigenvalue weighted by molar-refractivity contribution is 0.608. The standard InChI is InChI=1S/C7H10N4S/c1-2-5-6(3-1)12-7-9-8-4-11(7)10-5/h4-6,10H,1-3H2. The first-order valence-corrected chi connectivity index (χ1v) is 5.15. The average molecular weight is 182 g/mol. The van der Waals surface area contributed by atoms with Gasteiger partial charge in [-0.3, -0.25) is 0 Å². The van der Waals surface area contributed by atoms with Crippen molar-refractivity contribution >= 4 is 11.8 Å². The zero-order valence-electron chi connectivity index (χ0n) is 6.60. The van der Waals surface area contributed by atoms with E-state index in [4.69, 9.17) is 0 Å². The topological polar surface area (TPSA) is 42.7 Å². The van der Waals surface area contributed by atoms with Gasteiger partial charge in [-0.05, 0) is 12.8 Å². The van der Waals surface area contributed by atoms with Crippen molar-refractivity contribution < 1.29 is 0 Å². The van der Waals surface area contributed by atoms with Crippen LogP contribution in [0.25, 0.3) is 0 Å². The Hall–Kier alpha value is -0.710. The molecule has 0 aromatic carbocycles. The van der Waals surface area contributed by atoms with Gasteiger partial charge in [-0.2, -0.15) is 0 Å². The lowest BCUT2D eigenvalue weighted by Crippen LogP contribution is -2.36. The van der Waals surface area contributed by atoms with Crippen LogP contribution in [-0.2, 0) is 0 Å². The summed E-state index contributed by atoms with van der Waals surface area (Å²) in [7, 11) is 0. The molecule has 1 aliphatic carbocycles. The Morgan fingerprint density at radius 3 is 3.58 bits per heavy atom. The number of thioether (sulfide) groups is 1. The Kier molecular flexibility index (Phi) is 1.35. The lowest BCUT2D eigenvalue weighted by atomic mass is 10.3. The Morgan fingerprint density at radius 1 is 1.58 bits per heavy atom. The van der Waals surface area contributed by atoms with Crippen LogP contribution in [0.2, 0.25) is 0 Å². The zero-order chi connectivity index (χ0) is 7.97. The van der Waals surface area contributed by atoms with Gasteiger partial charge in [0.05, 0.1) is 6.04 Å². The second-order valence-electron chi connectivity index (χ2n) is 3.31. The highest BCUT2D eigenvalue weighted by atomic mass is 32.2. The van der Waals surface area contributed by atoms with E-state index in [2.05, 4.69) is 15.6 Å². The quantitative estimate of drug-likeness (QED) is 0.646. The number of aromatic nitrogens is 3. The molecule has 12 heavy (non-hydrogen) atoms. The molecule has 0 bridgehead atoms. The van der Waals surface area contributed by atoms with Crippen LogP contribution < -0.4 is 5.43 Å². The minimum atomic E-state index is 0.638. The molecule has 3 rings (SSSR count). The summed E-state index contributed by atoms with van der Waals surface area (Å²) in [5.74, 6) is 0. The van der Waals surface area contributed by atoms with Crippen LogP contribution in [-0.4, -0.2) is 26.2 Å². The van der Waals surface area contributed by atoms with Crippen LogP contribution in [0.15, 0.2) is 11.5 Å². The molecule has 2 atom stereocenters. The first-order valence-electron chi connectivity index (χ1n) is 4.27. The molecule has 0 radical (unpaired) electrons. The molecule has 0 spiro atoms. The van der Waals surface area contributed by atoms with E-state index in [0.717, 1.165) is 10.4 Å². The van der Waals surface area contributed by atoms with Crippen molar-refractivity contribution in [2.75, 3.05) is 5.43 Å². The van der Waals surface area contributed by atoms with Crippen molar-refractivity contribution in [2.45, 2.75) is 35.7 Å². The predicted molar refractivity (Wildman–Crippen MR) is 46.7 cm³/mol. The molecule has 64 valence electrons. The third-order valence-electron chi connectivity index (χ3n) is 2.53. The molecule has 2 heterocycles. The molecule has 1 saturated carbocycles. The normalized spacial score (nSPS) is 32.3. The van der Waals surface area contributed by atoms with Crippen molar-refractivity contribution in [1.29, 1.82) is 0 Å². The van der Waals surface area contributed by atoms with Crippen LogP contribution in [0, 0.1) is 0 Å². The molecule has 1 N–H and O–H groups in total. The maximum Gasteiger partial charge on any atom is 0.210 e. The smallest absolute Gasteiger partial charge is 0.210 e. The SMILES string of the molecule is c1nnc2n1NC1CCCC1S2. The van der Waals surface area contributed by atoms with E-state index in [0.29, 0.717) is 6.04 Å². The van der Waals surface area contributed by atoms with Gasteiger partial charge in [-0.25, -0.2) is 4.68 Å². The molecule has 5 heteroatoms. The fourth-order valence-corrected chi connectivity index (χ4v) is 3.15. The second-order valence-corrected chi connectivity index (χ2v) is 4.51. The van der Waals surface area contributed by atoms with E-state index >= 15 is 0 Å². The molecular formula is C7H10N4S. The van der Waals surface area contributed by atoms with Crippen molar-refractivity contribution in [2.24, 2.45) is 0 Å². The monoisotopic (exact) mass is 182 g/mol. The summed E-state index contributed by atoms with van der Waals surface area (Å²) in [6.45, 7) is 0. The number of rotatable bonds is 0. The van der Waals surface area contributed by atoms with Crippen molar-refractivity contribution in [3.8, 4) is 0 Å². The second kappa shape index (κ2) is 2.39. The third-order valence-corrected chi connectivity index (χ3v) is 3.89. The van der Waals surface area contributed by atoms with Gasteiger partial charge in [0, 0.05) is 5.25 Å². The Labute approximate surface area is 74.7 Å². The predicted octanol–water partition coefficient (Wildman–Crippen LogP) is 0.848. The largest absolute Gasteiger partial charge is 0.318 e. The van der Waals surface area contributed by atoms with Crippen LogP contribution in [0.3, 0.4) is 0 Å². The summed E-state index contributed by atoms with van der Waals surface area (Å²) in [5.41, 5.74) is 3.41. The van der Waals surface area contributed by atoms with Crippen molar-refractivity contribution in [3.05, 3.63) is 6.33 Å². The molecule has 2 unspecified atom stereocenters. The summed E-state index contributed by atoms with van der Waals surface area (Å²) in [4.78, 5) is 0. The number of fused-ring (bicyclic) bond motifs is 2. The van der Waals surface area contributed by atoms with E-state index in [1.807, 2.05) is 16.4 Å². The minimum absolute atomic E-state index is 0.638. The first-order chi connectivity index (χ1) is 5.93. The van der Waals surface area contributed by atoms with Gasteiger partial charge in [0.15, 0.2) is 0 Å². The number of hydrogen-bond donors (Lipinski definition) is 1. The third kappa shape index (κ3) is 0.857. The number of nitrogens with one attached hydrogen (secondary N) is 1. The van der Waals surface area contributed by atoms with Crippen LogP contribution in [0.4, 0.5) is 0 Å². The number of nitrogens with zero attached hydrogens (tertiary/aromatic N) is 3. The molecule has 1 aromatic rings. The molecule has 2 aliphatic rings. The van der Waals surface area contributed by atoms with Gasteiger partial charge in [0.1, 0.15) is 6.33 Å².